The van der Waals surface area contributed by atoms with Crippen molar-refractivity contribution in [3.8, 4) is 5.75 Å². The maximum atomic E-state index is 5.28. The molecule has 0 aromatic carbocycles. The summed E-state index contributed by atoms with van der Waals surface area (Å²) in [5.74, 6) is 2.75. The quantitative estimate of drug-likeness (QED) is 0.722. The highest BCUT2D eigenvalue weighted by molar-refractivity contribution is 5.59. The van der Waals surface area contributed by atoms with Crippen molar-refractivity contribution in [2.75, 3.05) is 7.11 Å². The van der Waals surface area contributed by atoms with Gasteiger partial charge in [0.15, 0.2) is 0 Å². The summed E-state index contributed by atoms with van der Waals surface area (Å²) in [5, 5.41) is 0. The highest BCUT2D eigenvalue weighted by Gasteiger charge is 2.27. The second-order valence-corrected chi connectivity index (χ2v) is 3.72. The minimum Gasteiger partial charge on any atom is -0.494 e. The van der Waals surface area contributed by atoms with Gasteiger partial charge in [0.25, 0.3) is 0 Å². The molecule has 0 radical (unpaired) electrons. The summed E-state index contributed by atoms with van der Waals surface area (Å²) in [7, 11) is 1.69. The van der Waals surface area contributed by atoms with E-state index in [2.05, 4.69) is 15.6 Å². The molecule has 2 heterocycles. The van der Waals surface area contributed by atoms with Crippen molar-refractivity contribution in [1.82, 2.24) is 9.38 Å². The average molecular weight is 188 g/mol. The van der Waals surface area contributed by atoms with Crippen LogP contribution >= 0.6 is 0 Å². The van der Waals surface area contributed by atoms with Crippen LogP contribution < -0.4 is 4.74 Å². The highest BCUT2D eigenvalue weighted by Crippen LogP contribution is 2.40. The van der Waals surface area contributed by atoms with E-state index in [1.165, 1.54) is 18.7 Å². The van der Waals surface area contributed by atoms with Gasteiger partial charge in [-0.05, 0) is 25.0 Å². The number of nitrogens with zero attached hydrogens (tertiary/aromatic N) is 2. The van der Waals surface area contributed by atoms with Gasteiger partial charge >= 0.3 is 0 Å². The molecule has 3 heteroatoms. The Labute approximate surface area is 82.3 Å². The van der Waals surface area contributed by atoms with Crippen LogP contribution in [0.5, 0.6) is 5.75 Å². The van der Waals surface area contributed by atoms with E-state index in [1.807, 2.05) is 18.3 Å². The lowest BCUT2D eigenvalue weighted by atomic mass is 10.3. The lowest BCUT2D eigenvalue weighted by molar-refractivity contribution is 0.418. The second kappa shape index (κ2) is 2.74. The lowest BCUT2D eigenvalue weighted by Gasteiger charge is -2.03. The molecule has 0 saturated heterocycles. The number of ether oxygens (including phenoxy) is 1. The van der Waals surface area contributed by atoms with E-state index in [-0.39, 0.29) is 0 Å². The molecule has 0 N–H and O–H groups in total. The minimum atomic E-state index is 0.671. The molecule has 2 aromatic rings. The predicted molar refractivity (Wildman–Crippen MR) is 53.7 cm³/mol. The fourth-order valence-electron chi connectivity index (χ4n) is 1.83. The van der Waals surface area contributed by atoms with Gasteiger partial charge in [0.2, 0.25) is 0 Å². The van der Waals surface area contributed by atoms with Gasteiger partial charge in [0.1, 0.15) is 17.1 Å². The maximum Gasteiger partial charge on any atom is 0.144 e. The largest absolute Gasteiger partial charge is 0.494 e. The van der Waals surface area contributed by atoms with Gasteiger partial charge in [-0.1, -0.05) is 0 Å². The number of rotatable bonds is 2. The van der Waals surface area contributed by atoms with Crippen molar-refractivity contribution in [3.05, 3.63) is 30.4 Å². The number of methoxy groups -OCH3 is 1. The fourth-order valence-corrected chi connectivity index (χ4v) is 1.83. The number of imidazole rings is 1. The summed E-state index contributed by atoms with van der Waals surface area (Å²) >= 11 is 0. The van der Waals surface area contributed by atoms with Crippen LogP contribution in [0, 0.1) is 0 Å². The normalized spacial score (nSPS) is 16.1. The summed E-state index contributed by atoms with van der Waals surface area (Å²) in [4.78, 5) is 4.45. The Hall–Kier alpha value is -1.51. The number of hydrogen-bond acceptors (Lipinski definition) is 2. The first-order valence-electron chi connectivity index (χ1n) is 4.90. The van der Waals surface area contributed by atoms with Gasteiger partial charge in [-0.15, -0.1) is 0 Å². The van der Waals surface area contributed by atoms with Crippen molar-refractivity contribution in [2.24, 2.45) is 0 Å². The Morgan fingerprint density at radius 2 is 2.36 bits per heavy atom. The van der Waals surface area contributed by atoms with E-state index >= 15 is 0 Å². The van der Waals surface area contributed by atoms with E-state index in [9.17, 15) is 0 Å². The molecular weight excluding hydrogens is 176 g/mol. The van der Waals surface area contributed by atoms with Crippen LogP contribution in [0.4, 0.5) is 0 Å². The molecule has 0 amide bonds. The van der Waals surface area contributed by atoms with Crippen LogP contribution in [0.1, 0.15) is 24.6 Å². The zero-order valence-corrected chi connectivity index (χ0v) is 8.10. The summed E-state index contributed by atoms with van der Waals surface area (Å²) in [5.41, 5.74) is 1.07. The third-order valence-corrected chi connectivity index (χ3v) is 2.72. The number of pyridine rings is 1. The molecule has 0 spiro atoms. The molecule has 0 atom stereocenters. The third-order valence-electron chi connectivity index (χ3n) is 2.72. The van der Waals surface area contributed by atoms with Crippen molar-refractivity contribution < 1.29 is 4.74 Å². The Bertz CT molecular complexity index is 471. The summed E-state index contributed by atoms with van der Waals surface area (Å²) in [6.45, 7) is 0. The molecule has 14 heavy (non-hydrogen) atoms. The Morgan fingerprint density at radius 3 is 3.07 bits per heavy atom. The SMILES string of the molecule is COc1cccn2c(C3CC3)ncc12. The second-order valence-electron chi connectivity index (χ2n) is 3.72. The van der Waals surface area contributed by atoms with E-state index in [1.54, 1.807) is 7.11 Å². The molecule has 72 valence electrons. The van der Waals surface area contributed by atoms with E-state index < -0.39 is 0 Å². The standard InChI is InChI=1S/C11H12N2O/c1-14-10-3-2-6-13-9(10)7-12-11(13)8-4-5-8/h2-3,6-8H,4-5H2,1H3. The van der Waals surface area contributed by atoms with Gasteiger partial charge < -0.3 is 9.14 Å². The molecule has 1 fully saturated rings. The Morgan fingerprint density at radius 1 is 1.50 bits per heavy atom. The Balaban J connectivity index is 2.25. The molecule has 1 aliphatic carbocycles. The molecule has 3 nitrogen and oxygen atoms in total. The number of hydrogen-bond donors (Lipinski definition) is 0. The molecule has 0 aliphatic heterocycles. The van der Waals surface area contributed by atoms with Crippen LogP contribution in [0.3, 0.4) is 0 Å². The molecule has 3 rings (SSSR count). The lowest BCUT2D eigenvalue weighted by Crippen LogP contribution is -1.93. The van der Waals surface area contributed by atoms with Gasteiger partial charge in [0.05, 0.1) is 13.3 Å². The van der Waals surface area contributed by atoms with Crippen LogP contribution in [0.25, 0.3) is 5.52 Å². The van der Waals surface area contributed by atoms with Crippen LogP contribution in [0.2, 0.25) is 0 Å². The number of fused-ring (bicyclic) bond motifs is 1. The van der Waals surface area contributed by atoms with Crippen LogP contribution in [0.15, 0.2) is 24.5 Å². The first kappa shape index (κ1) is 7.85. The number of aromatic nitrogens is 2. The van der Waals surface area contributed by atoms with Gasteiger partial charge in [-0.2, -0.15) is 0 Å². The van der Waals surface area contributed by atoms with Gasteiger partial charge in [-0.25, -0.2) is 4.98 Å². The van der Waals surface area contributed by atoms with Crippen molar-refractivity contribution in [2.45, 2.75) is 18.8 Å². The third kappa shape index (κ3) is 1.02. The molecular formula is C11H12N2O. The smallest absolute Gasteiger partial charge is 0.144 e. The molecule has 0 unspecified atom stereocenters. The zero-order chi connectivity index (χ0) is 9.54. The molecule has 2 aromatic heterocycles. The predicted octanol–water partition coefficient (Wildman–Crippen LogP) is 2.22. The molecule has 1 aliphatic rings. The topological polar surface area (TPSA) is 26.5 Å². The van der Waals surface area contributed by atoms with Crippen LogP contribution in [-0.4, -0.2) is 16.5 Å². The summed E-state index contributed by atoms with van der Waals surface area (Å²) in [6.07, 6.45) is 6.50. The summed E-state index contributed by atoms with van der Waals surface area (Å²) in [6, 6.07) is 3.97. The van der Waals surface area contributed by atoms with E-state index in [0.717, 1.165) is 11.3 Å². The Kier molecular flexibility index (Phi) is 1.54. The van der Waals surface area contributed by atoms with Gasteiger partial charge in [-0.3, -0.25) is 0 Å². The molecule has 0 bridgehead atoms. The minimum absolute atomic E-state index is 0.671. The average Bonchev–Trinajstić information content (AvgIpc) is 2.97. The molecule has 1 saturated carbocycles. The van der Waals surface area contributed by atoms with Crippen LogP contribution in [-0.2, 0) is 0 Å². The highest BCUT2D eigenvalue weighted by atomic mass is 16.5. The van der Waals surface area contributed by atoms with Crippen molar-refractivity contribution >= 4 is 5.52 Å². The maximum absolute atomic E-state index is 5.28. The first-order chi connectivity index (χ1) is 6.90. The van der Waals surface area contributed by atoms with E-state index in [0.29, 0.717) is 5.92 Å². The zero-order valence-electron chi connectivity index (χ0n) is 8.10. The van der Waals surface area contributed by atoms with E-state index in [4.69, 9.17) is 4.74 Å². The summed E-state index contributed by atoms with van der Waals surface area (Å²) < 4.78 is 7.42. The van der Waals surface area contributed by atoms with Crippen molar-refractivity contribution in [1.29, 1.82) is 0 Å². The fraction of sp³-hybridized carbons (Fsp3) is 0.364. The van der Waals surface area contributed by atoms with Crippen molar-refractivity contribution in [3.63, 3.8) is 0 Å². The van der Waals surface area contributed by atoms with Gasteiger partial charge in [0, 0.05) is 12.1 Å². The monoisotopic (exact) mass is 188 g/mol. The first-order valence-corrected chi connectivity index (χ1v) is 4.90.